The molecule has 1 aliphatic carbocycles. The lowest BCUT2D eigenvalue weighted by Crippen LogP contribution is -2.46. The van der Waals surface area contributed by atoms with Crippen LogP contribution in [0.4, 0.5) is 4.39 Å². The number of hydrogen-bond donors (Lipinski definition) is 0. The molecule has 0 aliphatic heterocycles. The molecule has 178 valence electrons. The third kappa shape index (κ3) is 5.30. The molecule has 1 amide bonds. The Bertz CT molecular complexity index is 1120. The van der Waals surface area contributed by atoms with E-state index in [1.54, 1.807) is 12.1 Å². The summed E-state index contributed by atoms with van der Waals surface area (Å²) in [5, 5.41) is 0. The van der Waals surface area contributed by atoms with Crippen LogP contribution >= 0.6 is 0 Å². The Morgan fingerprint density at radius 2 is 1.88 bits per heavy atom. The summed E-state index contributed by atoms with van der Waals surface area (Å²) in [7, 11) is 0. The summed E-state index contributed by atoms with van der Waals surface area (Å²) >= 11 is 0. The molecule has 3 aromatic rings. The molecule has 0 N–H and O–H groups in total. The summed E-state index contributed by atoms with van der Waals surface area (Å²) < 4.78 is 19.5. The number of benzene rings is 2. The third-order valence-corrected chi connectivity index (χ3v) is 6.96. The molecule has 1 aliphatic rings. The van der Waals surface area contributed by atoms with Crippen molar-refractivity contribution < 1.29 is 13.9 Å². The van der Waals surface area contributed by atoms with Crippen LogP contribution < -0.4 is 4.74 Å². The lowest BCUT2D eigenvalue weighted by Gasteiger charge is -2.36. The Labute approximate surface area is 201 Å². The smallest absolute Gasteiger partial charge is 0.230 e. The monoisotopic (exact) mass is 460 g/mol. The average Bonchev–Trinajstić information content (AvgIpc) is 3.27. The van der Waals surface area contributed by atoms with E-state index in [0.717, 1.165) is 24.1 Å². The first-order valence-electron chi connectivity index (χ1n) is 12.2. The zero-order chi connectivity index (χ0) is 24.1. The van der Waals surface area contributed by atoms with Crippen molar-refractivity contribution in [3.63, 3.8) is 0 Å². The maximum absolute atomic E-state index is 13.9. The molecule has 0 radical (unpaired) electrons. The summed E-state index contributed by atoms with van der Waals surface area (Å²) in [6, 6.07) is 20.5. The first kappa shape index (κ1) is 23.9. The second kappa shape index (κ2) is 10.8. The molecular weight excluding hydrogens is 427 g/mol. The predicted octanol–water partition coefficient (Wildman–Crippen LogP) is 6.05. The molecule has 4 nitrogen and oxygen atoms in total. The zero-order valence-electron chi connectivity index (χ0n) is 20.2. The van der Waals surface area contributed by atoms with Gasteiger partial charge in [0.25, 0.3) is 0 Å². The second-order valence-corrected chi connectivity index (χ2v) is 9.09. The SMILES string of the molecule is CCC(C(=O)N(CCOc1cccc(C)n1)C(C)C1CCc2ccccc21)c1ccc(F)cc1. The number of pyridine rings is 1. The van der Waals surface area contributed by atoms with Gasteiger partial charge in [0.2, 0.25) is 11.8 Å². The van der Waals surface area contributed by atoms with Gasteiger partial charge in [-0.2, -0.15) is 0 Å². The van der Waals surface area contributed by atoms with Crippen molar-refractivity contribution in [1.29, 1.82) is 0 Å². The van der Waals surface area contributed by atoms with Crippen LogP contribution in [-0.4, -0.2) is 35.0 Å². The Kier molecular flexibility index (Phi) is 7.61. The van der Waals surface area contributed by atoms with Crippen LogP contribution in [0.25, 0.3) is 0 Å². The number of ether oxygens (including phenoxy) is 1. The number of rotatable bonds is 9. The normalized spacial score (nSPS) is 16.5. The zero-order valence-corrected chi connectivity index (χ0v) is 20.2. The summed E-state index contributed by atoms with van der Waals surface area (Å²) in [6.07, 6.45) is 2.71. The van der Waals surface area contributed by atoms with Gasteiger partial charge in [-0.25, -0.2) is 9.37 Å². The van der Waals surface area contributed by atoms with E-state index in [0.29, 0.717) is 25.5 Å². The Hall–Kier alpha value is -3.21. The molecule has 2 aromatic carbocycles. The van der Waals surface area contributed by atoms with Gasteiger partial charge in [0.05, 0.1) is 12.5 Å². The van der Waals surface area contributed by atoms with Gasteiger partial charge in [0.1, 0.15) is 12.4 Å². The number of nitrogens with zero attached hydrogens (tertiary/aromatic N) is 2. The number of fused-ring (bicyclic) bond motifs is 1. The van der Waals surface area contributed by atoms with E-state index in [2.05, 4.69) is 36.2 Å². The highest BCUT2D eigenvalue weighted by Crippen LogP contribution is 2.38. The fourth-order valence-corrected chi connectivity index (χ4v) is 5.12. The molecule has 5 heteroatoms. The largest absolute Gasteiger partial charge is 0.476 e. The van der Waals surface area contributed by atoms with Crippen LogP contribution in [0.5, 0.6) is 5.88 Å². The molecule has 0 fully saturated rings. The van der Waals surface area contributed by atoms with Crippen LogP contribution in [0, 0.1) is 12.7 Å². The highest BCUT2D eigenvalue weighted by molar-refractivity contribution is 5.84. The van der Waals surface area contributed by atoms with Crippen LogP contribution in [0.15, 0.2) is 66.7 Å². The molecule has 0 saturated carbocycles. The molecule has 1 heterocycles. The van der Waals surface area contributed by atoms with E-state index < -0.39 is 0 Å². The minimum absolute atomic E-state index is 0.0136. The van der Waals surface area contributed by atoms with Crippen molar-refractivity contribution in [2.45, 2.75) is 57.9 Å². The van der Waals surface area contributed by atoms with Crippen LogP contribution in [0.1, 0.15) is 60.9 Å². The van der Waals surface area contributed by atoms with Gasteiger partial charge in [-0.15, -0.1) is 0 Å². The fourth-order valence-electron chi connectivity index (χ4n) is 5.12. The molecule has 0 bridgehead atoms. The molecular formula is C29H33FN2O2. The Morgan fingerprint density at radius 3 is 2.62 bits per heavy atom. The Balaban J connectivity index is 1.57. The minimum atomic E-state index is -0.322. The third-order valence-electron chi connectivity index (χ3n) is 6.96. The Morgan fingerprint density at radius 1 is 1.12 bits per heavy atom. The molecule has 4 rings (SSSR count). The average molecular weight is 461 g/mol. The van der Waals surface area contributed by atoms with Crippen molar-refractivity contribution in [2.24, 2.45) is 0 Å². The maximum atomic E-state index is 13.9. The van der Waals surface area contributed by atoms with E-state index >= 15 is 0 Å². The first-order valence-corrected chi connectivity index (χ1v) is 12.2. The number of carbonyl (C=O) groups excluding carboxylic acids is 1. The fraction of sp³-hybridized carbons (Fsp3) is 0.379. The predicted molar refractivity (Wildman–Crippen MR) is 133 cm³/mol. The van der Waals surface area contributed by atoms with Crippen LogP contribution in [0.3, 0.4) is 0 Å². The molecule has 0 saturated heterocycles. The van der Waals surface area contributed by atoms with Crippen molar-refractivity contribution >= 4 is 5.91 Å². The molecule has 34 heavy (non-hydrogen) atoms. The van der Waals surface area contributed by atoms with E-state index in [-0.39, 0.29) is 29.6 Å². The number of aromatic nitrogens is 1. The lowest BCUT2D eigenvalue weighted by molar-refractivity contribution is -0.136. The summed E-state index contributed by atoms with van der Waals surface area (Å²) in [5.74, 6) is 0.293. The standard InChI is InChI=1S/C29H33FN2O2/c1-4-25(23-12-15-24(30)16-13-23)29(33)32(18-19-34-28-11-7-8-20(2)31-28)21(3)26-17-14-22-9-5-6-10-27(22)26/h5-13,15-16,21,25-26H,4,14,17-19H2,1-3H3. The number of carbonyl (C=O) groups is 1. The number of amides is 1. The van der Waals surface area contributed by atoms with E-state index in [1.165, 1.54) is 23.3 Å². The first-order chi connectivity index (χ1) is 16.5. The van der Waals surface area contributed by atoms with Gasteiger partial charge in [0.15, 0.2) is 0 Å². The molecule has 0 spiro atoms. The van der Waals surface area contributed by atoms with E-state index in [9.17, 15) is 9.18 Å². The number of aryl methyl sites for hydroxylation is 2. The topological polar surface area (TPSA) is 42.4 Å². The van der Waals surface area contributed by atoms with Gasteiger partial charge < -0.3 is 9.64 Å². The summed E-state index contributed by atoms with van der Waals surface area (Å²) in [4.78, 5) is 20.3. The maximum Gasteiger partial charge on any atom is 0.230 e. The quantitative estimate of drug-likeness (QED) is 0.390. The second-order valence-electron chi connectivity index (χ2n) is 9.09. The lowest BCUT2D eigenvalue weighted by atomic mass is 9.90. The highest BCUT2D eigenvalue weighted by Gasteiger charge is 2.35. The van der Waals surface area contributed by atoms with Gasteiger partial charge in [0, 0.05) is 23.7 Å². The van der Waals surface area contributed by atoms with Crippen molar-refractivity contribution in [1.82, 2.24) is 9.88 Å². The van der Waals surface area contributed by atoms with Gasteiger partial charge in [-0.05, 0) is 68.0 Å². The molecule has 3 unspecified atom stereocenters. The van der Waals surface area contributed by atoms with E-state index in [1.807, 2.05) is 36.9 Å². The van der Waals surface area contributed by atoms with Crippen molar-refractivity contribution in [2.75, 3.05) is 13.2 Å². The van der Waals surface area contributed by atoms with Crippen LogP contribution in [-0.2, 0) is 11.2 Å². The molecule has 1 aromatic heterocycles. The van der Waals surface area contributed by atoms with Gasteiger partial charge >= 0.3 is 0 Å². The van der Waals surface area contributed by atoms with Gasteiger partial charge in [-0.1, -0.05) is 49.4 Å². The highest BCUT2D eigenvalue weighted by atomic mass is 19.1. The van der Waals surface area contributed by atoms with E-state index in [4.69, 9.17) is 4.74 Å². The van der Waals surface area contributed by atoms with Gasteiger partial charge in [-0.3, -0.25) is 4.79 Å². The summed E-state index contributed by atoms with van der Waals surface area (Å²) in [6.45, 7) is 6.91. The minimum Gasteiger partial charge on any atom is -0.476 e. The molecule has 3 atom stereocenters. The van der Waals surface area contributed by atoms with Crippen molar-refractivity contribution in [3.8, 4) is 5.88 Å². The number of hydrogen-bond acceptors (Lipinski definition) is 3. The van der Waals surface area contributed by atoms with Crippen LogP contribution in [0.2, 0.25) is 0 Å². The number of halogens is 1. The van der Waals surface area contributed by atoms with Crippen molar-refractivity contribution in [3.05, 3.63) is 94.9 Å². The summed E-state index contributed by atoms with van der Waals surface area (Å²) in [5.41, 5.74) is 4.45.